The molecule has 0 amide bonds. The highest BCUT2D eigenvalue weighted by Crippen LogP contribution is 2.42. The molecule has 194 valence electrons. The maximum atomic E-state index is 12.6. The molecule has 3 aromatic carbocycles. The second kappa shape index (κ2) is 13.8. The average Bonchev–Trinajstić information content (AvgIpc) is 3.10. The number of carbonyl (C=O) groups excluding carboxylic acids is 1. The van der Waals surface area contributed by atoms with Crippen LogP contribution in [0.2, 0.25) is 0 Å². The van der Waals surface area contributed by atoms with E-state index in [1.807, 2.05) is 30.3 Å². The zero-order valence-electron chi connectivity index (χ0n) is 22.1. The summed E-state index contributed by atoms with van der Waals surface area (Å²) in [4.78, 5) is 12.6. The Kier molecular flexibility index (Phi) is 9.99. The predicted octanol–water partition coefficient (Wildman–Crippen LogP) is 8.47. The molecule has 4 rings (SSSR count). The molecule has 0 bridgehead atoms. The molecular formula is C34H40O3. The van der Waals surface area contributed by atoms with Gasteiger partial charge in [-0.25, -0.2) is 0 Å². The van der Waals surface area contributed by atoms with E-state index in [1.54, 1.807) is 0 Å². The van der Waals surface area contributed by atoms with Gasteiger partial charge in [-0.3, -0.25) is 4.79 Å². The minimum atomic E-state index is 0.101. The van der Waals surface area contributed by atoms with Crippen molar-refractivity contribution in [3.63, 3.8) is 0 Å². The van der Waals surface area contributed by atoms with E-state index in [-0.39, 0.29) is 12.0 Å². The Hall–Kier alpha value is -3.33. The summed E-state index contributed by atoms with van der Waals surface area (Å²) in [5.74, 6) is 2.52. The number of ether oxygens (including phenoxy) is 2. The van der Waals surface area contributed by atoms with Gasteiger partial charge in [0.25, 0.3) is 0 Å². The lowest BCUT2D eigenvalue weighted by molar-refractivity contribution is -0.119. The first-order valence-electron chi connectivity index (χ1n) is 13.8. The van der Waals surface area contributed by atoms with Gasteiger partial charge in [0.05, 0.1) is 6.10 Å². The molecule has 0 N–H and O–H groups in total. The SMILES string of the molecule is C=CC[C@H]1CCCC(=O)C[C@@H]1c1ccc(O[C@H](C)CCCc2ccccc2)cc1OCc1ccccc1. The largest absolute Gasteiger partial charge is 0.491 e. The summed E-state index contributed by atoms with van der Waals surface area (Å²) in [6, 6.07) is 27.0. The summed E-state index contributed by atoms with van der Waals surface area (Å²) < 4.78 is 12.8. The summed E-state index contributed by atoms with van der Waals surface area (Å²) in [5.41, 5.74) is 3.60. The van der Waals surface area contributed by atoms with Crippen molar-refractivity contribution in [2.75, 3.05) is 0 Å². The average molecular weight is 497 g/mol. The van der Waals surface area contributed by atoms with Crippen LogP contribution in [0.3, 0.4) is 0 Å². The predicted molar refractivity (Wildman–Crippen MR) is 151 cm³/mol. The Bertz CT molecular complexity index is 1120. The van der Waals surface area contributed by atoms with Crippen LogP contribution < -0.4 is 9.47 Å². The van der Waals surface area contributed by atoms with Gasteiger partial charge in [0.15, 0.2) is 0 Å². The molecular weight excluding hydrogens is 456 g/mol. The maximum Gasteiger partial charge on any atom is 0.133 e. The molecule has 0 unspecified atom stereocenters. The Balaban J connectivity index is 1.50. The Morgan fingerprint density at radius 1 is 1.00 bits per heavy atom. The van der Waals surface area contributed by atoms with Crippen molar-refractivity contribution in [1.29, 1.82) is 0 Å². The van der Waals surface area contributed by atoms with E-state index >= 15 is 0 Å². The van der Waals surface area contributed by atoms with Crippen LogP contribution in [0.15, 0.2) is 91.5 Å². The fourth-order valence-corrected chi connectivity index (χ4v) is 5.42. The van der Waals surface area contributed by atoms with Gasteiger partial charge in [-0.1, -0.05) is 72.8 Å². The van der Waals surface area contributed by atoms with Gasteiger partial charge in [0.1, 0.15) is 23.9 Å². The molecule has 1 fully saturated rings. The van der Waals surface area contributed by atoms with Crippen LogP contribution in [0.1, 0.15) is 74.5 Å². The number of aryl methyl sites for hydroxylation is 1. The number of Topliss-reactive ketones (excluding diaryl/α,β-unsaturated/α-hetero) is 1. The number of hydrogen-bond acceptors (Lipinski definition) is 3. The third-order valence-electron chi connectivity index (χ3n) is 7.39. The molecule has 37 heavy (non-hydrogen) atoms. The second-order valence-electron chi connectivity index (χ2n) is 10.3. The highest BCUT2D eigenvalue weighted by molar-refractivity contribution is 5.79. The van der Waals surface area contributed by atoms with Crippen molar-refractivity contribution in [2.24, 2.45) is 5.92 Å². The Morgan fingerprint density at radius 2 is 1.73 bits per heavy atom. The molecule has 1 aliphatic rings. The Labute approximate surface area is 222 Å². The molecule has 0 heterocycles. The van der Waals surface area contributed by atoms with E-state index in [1.165, 1.54) is 5.56 Å². The highest BCUT2D eigenvalue weighted by Gasteiger charge is 2.30. The topological polar surface area (TPSA) is 35.5 Å². The lowest BCUT2D eigenvalue weighted by Crippen LogP contribution is -2.16. The number of allylic oxidation sites excluding steroid dienone is 1. The first-order valence-corrected chi connectivity index (χ1v) is 13.8. The van der Waals surface area contributed by atoms with Gasteiger partial charge in [-0.2, -0.15) is 0 Å². The first kappa shape index (κ1) is 26.7. The molecule has 0 aliphatic heterocycles. The minimum absolute atomic E-state index is 0.101. The summed E-state index contributed by atoms with van der Waals surface area (Å²) in [6.07, 6.45) is 9.35. The summed E-state index contributed by atoms with van der Waals surface area (Å²) in [7, 11) is 0. The standard InChI is InChI=1S/C34H40O3/c1-3-12-29-19-11-20-30(35)23-33(29)32-22-21-31(24-34(32)36-25-28-16-8-5-9-17-28)37-26(2)13-10-18-27-14-6-4-7-15-27/h3-9,14-17,21-22,24,26,29,33H,1,10-13,18-20,23,25H2,2H3/t26-,29+,33+/m1/s1. The molecule has 0 radical (unpaired) electrons. The van der Waals surface area contributed by atoms with Gasteiger partial charge >= 0.3 is 0 Å². The summed E-state index contributed by atoms with van der Waals surface area (Å²) in [6.45, 7) is 6.60. The third-order valence-corrected chi connectivity index (χ3v) is 7.39. The van der Waals surface area contributed by atoms with Gasteiger partial charge in [0, 0.05) is 18.9 Å². The van der Waals surface area contributed by atoms with E-state index in [0.717, 1.165) is 61.2 Å². The van der Waals surface area contributed by atoms with Crippen molar-refractivity contribution in [3.8, 4) is 11.5 Å². The number of rotatable bonds is 12. The molecule has 1 saturated carbocycles. The molecule has 3 heteroatoms. The van der Waals surface area contributed by atoms with Crippen molar-refractivity contribution >= 4 is 5.78 Å². The zero-order valence-corrected chi connectivity index (χ0v) is 22.1. The van der Waals surface area contributed by atoms with Gasteiger partial charge in [-0.15, -0.1) is 6.58 Å². The van der Waals surface area contributed by atoms with Crippen molar-refractivity contribution in [1.82, 2.24) is 0 Å². The number of ketones is 1. The number of carbonyl (C=O) groups is 1. The van der Waals surface area contributed by atoms with Crippen LogP contribution in [0.25, 0.3) is 0 Å². The maximum absolute atomic E-state index is 12.6. The van der Waals surface area contributed by atoms with E-state index in [0.29, 0.717) is 31.1 Å². The normalized spacial score (nSPS) is 18.6. The molecule has 3 nitrogen and oxygen atoms in total. The second-order valence-corrected chi connectivity index (χ2v) is 10.3. The van der Waals surface area contributed by atoms with Gasteiger partial charge in [-0.05, 0) is 80.0 Å². The smallest absolute Gasteiger partial charge is 0.133 e. The van der Waals surface area contributed by atoms with E-state index in [2.05, 4.69) is 68.1 Å². The summed E-state index contributed by atoms with van der Waals surface area (Å²) in [5, 5.41) is 0. The minimum Gasteiger partial charge on any atom is -0.491 e. The fraction of sp³-hybridized carbons (Fsp3) is 0.382. The quantitative estimate of drug-likeness (QED) is 0.186. The zero-order chi connectivity index (χ0) is 25.9. The lowest BCUT2D eigenvalue weighted by Gasteiger charge is -2.27. The lowest BCUT2D eigenvalue weighted by atomic mass is 9.80. The van der Waals surface area contributed by atoms with E-state index in [4.69, 9.17) is 9.47 Å². The van der Waals surface area contributed by atoms with Crippen LogP contribution in [0, 0.1) is 5.92 Å². The molecule has 0 saturated heterocycles. The molecule has 3 aromatic rings. The molecule has 3 atom stereocenters. The molecule has 0 spiro atoms. The first-order chi connectivity index (χ1) is 18.1. The van der Waals surface area contributed by atoms with Crippen LogP contribution in [-0.4, -0.2) is 11.9 Å². The fourth-order valence-electron chi connectivity index (χ4n) is 5.42. The van der Waals surface area contributed by atoms with Crippen LogP contribution in [0.4, 0.5) is 0 Å². The van der Waals surface area contributed by atoms with E-state index in [9.17, 15) is 4.79 Å². The van der Waals surface area contributed by atoms with Gasteiger partial charge < -0.3 is 9.47 Å². The van der Waals surface area contributed by atoms with Crippen LogP contribution in [-0.2, 0) is 17.8 Å². The third kappa shape index (κ3) is 8.08. The van der Waals surface area contributed by atoms with Crippen molar-refractivity contribution in [3.05, 3.63) is 108 Å². The van der Waals surface area contributed by atoms with Crippen molar-refractivity contribution < 1.29 is 14.3 Å². The van der Waals surface area contributed by atoms with Crippen LogP contribution in [0.5, 0.6) is 11.5 Å². The highest BCUT2D eigenvalue weighted by atomic mass is 16.5. The van der Waals surface area contributed by atoms with Gasteiger partial charge in [0.2, 0.25) is 0 Å². The molecule has 0 aromatic heterocycles. The summed E-state index contributed by atoms with van der Waals surface area (Å²) >= 11 is 0. The van der Waals surface area contributed by atoms with Crippen molar-refractivity contribution in [2.45, 2.75) is 76.9 Å². The number of hydrogen-bond donors (Lipinski definition) is 0. The molecule has 1 aliphatic carbocycles. The van der Waals surface area contributed by atoms with E-state index < -0.39 is 0 Å². The number of benzene rings is 3. The Morgan fingerprint density at radius 3 is 2.46 bits per heavy atom. The monoisotopic (exact) mass is 496 g/mol. The van der Waals surface area contributed by atoms with Crippen LogP contribution >= 0.6 is 0 Å².